The van der Waals surface area contributed by atoms with Crippen molar-refractivity contribution in [1.82, 2.24) is 14.3 Å². The molecule has 2 heterocycles. The number of aromatic nitrogens is 3. The van der Waals surface area contributed by atoms with Gasteiger partial charge in [0.15, 0.2) is 5.65 Å². The van der Waals surface area contributed by atoms with Gasteiger partial charge in [0.05, 0.1) is 12.1 Å². The Bertz CT molecular complexity index is 665. The van der Waals surface area contributed by atoms with Gasteiger partial charge >= 0.3 is 0 Å². The van der Waals surface area contributed by atoms with E-state index in [-0.39, 0.29) is 0 Å². The number of allylic oxidation sites excluding steroid dienone is 3. The van der Waals surface area contributed by atoms with Crippen LogP contribution in [0.15, 0.2) is 30.5 Å². The normalized spacial score (nSPS) is 12.5. The standard InChI is InChI=1S/C12H13ClIN4P/c1-4-5-7(2)15-9-6-10(13)17-12-11(9)16-8(3)18(12)19-14/h4-6,19H,1H2,2-3H3,(H,15,17)/b7-5+. The quantitative estimate of drug-likeness (QED) is 0.347. The summed E-state index contributed by atoms with van der Waals surface area (Å²) in [6, 6.07) is 1.79. The van der Waals surface area contributed by atoms with Gasteiger partial charge in [0.25, 0.3) is 0 Å². The Labute approximate surface area is 131 Å². The van der Waals surface area contributed by atoms with Crippen molar-refractivity contribution in [3.63, 3.8) is 0 Å². The summed E-state index contributed by atoms with van der Waals surface area (Å²) < 4.78 is 2.06. The van der Waals surface area contributed by atoms with Gasteiger partial charge in [0.2, 0.25) is 0 Å². The molecule has 0 bridgehead atoms. The Balaban J connectivity index is 2.61. The van der Waals surface area contributed by atoms with E-state index in [0.717, 1.165) is 28.4 Å². The maximum atomic E-state index is 6.09. The Morgan fingerprint density at radius 1 is 1.58 bits per heavy atom. The highest BCUT2D eigenvalue weighted by Crippen LogP contribution is 2.34. The number of nitrogens with zero attached hydrogens (tertiary/aromatic N) is 3. The SMILES string of the molecule is C=C/C=C(\C)Nc1cc(Cl)nc2c1nc(C)n2PI. The highest BCUT2D eigenvalue weighted by atomic mass is 127. The van der Waals surface area contributed by atoms with Crippen molar-refractivity contribution in [1.29, 1.82) is 0 Å². The fraction of sp³-hybridized carbons (Fsp3) is 0.167. The van der Waals surface area contributed by atoms with Crippen molar-refractivity contribution >= 4 is 56.9 Å². The van der Waals surface area contributed by atoms with Crippen LogP contribution in [0.4, 0.5) is 5.69 Å². The van der Waals surface area contributed by atoms with Crippen LogP contribution < -0.4 is 5.32 Å². The van der Waals surface area contributed by atoms with Crippen molar-refractivity contribution < 1.29 is 0 Å². The van der Waals surface area contributed by atoms with Crippen LogP contribution >= 0.6 is 40.0 Å². The van der Waals surface area contributed by atoms with Gasteiger partial charge in [-0.25, -0.2) is 9.97 Å². The van der Waals surface area contributed by atoms with E-state index < -0.39 is 0 Å². The first kappa shape index (κ1) is 14.8. The van der Waals surface area contributed by atoms with E-state index in [1.165, 1.54) is 0 Å². The smallest absolute Gasteiger partial charge is 0.167 e. The second-order valence-corrected chi connectivity index (χ2v) is 6.40. The van der Waals surface area contributed by atoms with Gasteiger partial charge in [-0.2, -0.15) is 0 Å². The van der Waals surface area contributed by atoms with E-state index in [4.69, 9.17) is 11.6 Å². The number of hydrogen-bond donors (Lipinski definition) is 1. The van der Waals surface area contributed by atoms with Crippen LogP contribution in [-0.4, -0.2) is 14.3 Å². The number of fused-ring (bicyclic) bond motifs is 1. The summed E-state index contributed by atoms with van der Waals surface area (Å²) in [7, 11) is 0. The maximum Gasteiger partial charge on any atom is 0.167 e. The highest BCUT2D eigenvalue weighted by molar-refractivity contribution is 14.2. The summed E-state index contributed by atoms with van der Waals surface area (Å²) in [4.78, 5) is 8.94. The first-order valence-electron chi connectivity index (χ1n) is 5.55. The molecule has 0 spiro atoms. The third-order valence-electron chi connectivity index (χ3n) is 2.54. The van der Waals surface area contributed by atoms with E-state index in [9.17, 15) is 0 Å². The third kappa shape index (κ3) is 3.09. The molecule has 7 heteroatoms. The molecule has 2 aromatic heterocycles. The minimum Gasteiger partial charge on any atom is -0.357 e. The predicted octanol–water partition coefficient (Wildman–Crippen LogP) is 4.69. The molecule has 1 unspecified atom stereocenters. The van der Waals surface area contributed by atoms with Gasteiger partial charge in [0, 0.05) is 11.8 Å². The van der Waals surface area contributed by atoms with Crippen LogP contribution in [-0.2, 0) is 0 Å². The molecule has 2 rings (SSSR count). The van der Waals surface area contributed by atoms with Crippen LogP contribution in [0.2, 0.25) is 5.15 Å². The molecule has 0 aliphatic carbocycles. The number of pyridine rings is 1. The van der Waals surface area contributed by atoms with Gasteiger partial charge < -0.3 is 5.32 Å². The van der Waals surface area contributed by atoms with Crippen molar-refractivity contribution in [2.75, 3.05) is 5.32 Å². The van der Waals surface area contributed by atoms with Gasteiger partial charge in [-0.05, 0) is 42.0 Å². The van der Waals surface area contributed by atoms with E-state index in [0.29, 0.717) is 11.5 Å². The second kappa shape index (κ2) is 6.20. The topological polar surface area (TPSA) is 42.7 Å². The zero-order chi connectivity index (χ0) is 14.0. The van der Waals surface area contributed by atoms with Gasteiger partial charge in [-0.1, -0.05) is 24.3 Å². The fourth-order valence-electron chi connectivity index (χ4n) is 1.75. The molecule has 0 saturated heterocycles. The van der Waals surface area contributed by atoms with E-state index in [1.54, 1.807) is 12.1 Å². The molecule has 19 heavy (non-hydrogen) atoms. The molecular weight excluding hydrogens is 393 g/mol. The molecular formula is C12H13ClIN4P. The van der Waals surface area contributed by atoms with Crippen LogP contribution in [0.5, 0.6) is 0 Å². The summed E-state index contributed by atoms with van der Waals surface area (Å²) in [5.74, 6) is 0.936. The first-order valence-corrected chi connectivity index (χ1v) is 9.99. The molecule has 0 fully saturated rings. The minimum atomic E-state index is 0.456. The second-order valence-electron chi connectivity index (χ2n) is 3.95. The molecule has 0 amide bonds. The molecule has 2 aromatic rings. The van der Waals surface area contributed by atoms with Crippen molar-refractivity contribution in [2.24, 2.45) is 0 Å². The Kier molecular flexibility index (Phi) is 4.81. The van der Waals surface area contributed by atoms with Crippen LogP contribution in [0.3, 0.4) is 0 Å². The molecule has 0 aliphatic heterocycles. The van der Waals surface area contributed by atoms with Gasteiger partial charge in [-0.3, -0.25) is 4.34 Å². The van der Waals surface area contributed by atoms with E-state index >= 15 is 0 Å². The number of aryl methyl sites for hydroxylation is 1. The van der Waals surface area contributed by atoms with Crippen LogP contribution in [0.25, 0.3) is 11.2 Å². The van der Waals surface area contributed by atoms with Gasteiger partial charge in [-0.15, -0.1) is 0 Å². The lowest BCUT2D eigenvalue weighted by Crippen LogP contribution is -1.97. The molecule has 1 N–H and O–H groups in total. The summed E-state index contributed by atoms with van der Waals surface area (Å²) in [5, 5.41) is 3.74. The Morgan fingerprint density at radius 3 is 2.95 bits per heavy atom. The van der Waals surface area contributed by atoms with Gasteiger partial charge in [0.1, 0.15) is 16.5 Å². The van der Waals surface area contributed by atoms with Crippen molar-refractivity contribution in [3.8, 4) is 0 Å². The first-order chi connectivity index (χ1) is 9.06. The van der Waals surface area contributed by atoms with E-state index in [1.807, 2.05) is 19.9 Å². The number of halogens is 2. The zero-order valence-electron chi connectivity index (χ0n) is 10.5. The summed E-state index contributed by atoms with van der Waals surface area (Å²) >= 11 is 8.40. The van der Waals surface area contributed by atoms with Crippen LogP contribution in [0, 0.1) is 6.92 Å². The third-order valence-corrected chi connectivity index (χ3v) is 4.88. The molecule has 0 radical (unpaired) electrons. The Morgan fingerprint density at radius 2 is 2.32 bits per heavy atom. The minimum absolute atomic E-state index is 0.456. The monoisotopic (exact) mass is 406 g/mol. The van der Waals surface area contributed by atoms with Crippen molar-refractivity contribution in [2.45, 2.75) is 13.8 Å². The average Bonchev–Trinajstić information content (AvgIpc) is 2.65. The predicted molar refractivity (Wildman–Crippen MR) is 92.6 cm³/mol. The lowest BCUT2D eigenvalue weighted by Gasteiger charge is -2.07. The summed E-state index contributed by atoms with van der Waals surface area (Å²) in [6.07, 6.45) is 4.17. The lowest BCUT2D eigenvalue weighted by atomic mass is 10.3. The Hall–Kier alpha value is -0.650. The van der Waals surface area contributed by atoms with Crippen LogP contribution in [0.1, 0.15) is 12.7 Å². The van der Waals surface area contributed by atoms with E-state index in [2.05, 4.69) is 48.2 Å². The summed E-state index contributed by atoms with van der Waals surface area (Å²) in [5.41, 5.74) is 3.49. The fourth-order valence-corrected chi connectivity index (χ4v) is 4.08. The number of nitrogens with one attached hydrogen (secondary N) is 1. The molecule has 100 valence electrons. The molecule has 1 atom stereocenters. The number of anilines is 1. The maximum absolute atomic E-state index is 6.09. The molecule has 0 aliphatic rings. The molecule has 0 aromatic carbocycles. The highest BCUT2D eigenvalue weighted by Gasteiger charge is 2.13. The molecule has 4 nitrogen and oxygen atoms in total. The zero-order valence-corrected chi connectivity index (χ0v) is 14.5. The number of imidazole rings is 1. The average molecular weight is 407 g/mol. The summed E-state index contributed by atoms with van der Waals surface area (Å²) in [6.45, 7) is 7.61. The lowest BCUT2D eigenvalue weighted by molar-refractivity contribution is 1.10. The number of hydrogen-bond acceptors (Lipinski definition) is 3. The molecule has 0 saturated carbocycles. The van der Waals surface area contributed by atoms with Crippen molar-refractivity contribution in [3.05, 3.63) is 41.5 Å². The largest absolute Gasteiger partial charge is 0.357 e. The number of rotatable bonds is 4.